The Labute approximate surface area is 131 Å². The zero-order chi connectivity index (χ0) is 15.6. The molecule has 2 heterocycles. The van der Waals surface area contributed by atoms with Crippen molar-refractivity contribution < 1.29 is 9.53 Å². The Kier molecular flexibility index (Phi) is 4.49. The number of morpholine rings is 1. The van der Waals surface area contributed by atoms with Crippen LogP contribution in [0.3, 0.4) is 0 Å². The van der Waals surface area contributed by atoms with Crippen LogP contribution in [0.15, 0.2) is 6.07 Å². The maximum Gasteiger partial charge on any atom is 0.245 e. The first-order valence-corrected chi connectivity index (χ1v) is 8.27. The van der Waals surface area contributed by atoms with Gasteiger partial charge in [0.1, 0.15) is 0 Å². The van der Waals surface area contributed by atoms with E-state index in [9.17, 15) is 4.79 Å². The van der Waals surface area contributed by atoms with Gasteiger partial charge in [-0.05, 0) is 26.7 Å². The summed E-state index contributed by atoms with van der Waals surface area (Å²) in [5, 5.41) is 10.3. The predicted octanol–water partition coefficient (Wildman–Crippen LogP) is 2.12. The average Bonchev–Trinajstić information content (AvgIpc) is 3.18. The number of amides is 1. The molecule has 0 aromatic carbocycles. The highest BCUT2D eigenvalue weighted by Gasteiger charge is 2.35. The van der Waals surface area contributed by atoms with Gasteiger partial charge in [0.2, 0.25) is 5.91 Å². The standard InChI is InChI=1S/C16H26N4O2/c1-16(2,20-7-9-22-10-8-20)15(21)17-14-11-13(18-19-14)12-5-3-4-6-12/h11-12H,3-10H2,1-2H3,(H2,17,18,19,21). The maximum atomic E-state index is 12.6. The third kappa shape index (κ3) is 3.17. The van der Waals surface area contributed by atoms with Crippen molar-refractivity contribution in [3.63, 3.8) is 0 Å². The Morgan fingerprint density at radius 3 is 2.73 bits per heavy atom. The highest BCUT2D eigenvalue weighted by Crippen LogP contribution is 2.33. The van der Waals surface area contributed by atoms with Crippen molar-refractivity contribution in [1.29, 1.82) is 0 Å². The minimum Gasteiger partial charge on any atom is -0.379 e. The van der Waals surface area contributed by atoms with Crippen LogP contribution in [0.2, 0.25) is 0 Å². The van der Waals surface area contributed by atoms with Crippen LogP contribution in [0.5, 0.6) is 0 Å². The van der Waals surface area contributed by atoms with E-state index in [1.807, 2.05) is 19.9 Å². The number of hydrogen-bond acceptors (Lipinski definition) is 4. The minimum atomic E-state index is -0.559. The van der Waals surface area contributed by atoms with Crippen LogP contribution in [-0.2, 0) is 9.53 Å². The van der Waals surface area contributed by atoms with Crippen LogP contribution in [0.4, 0.5) is 5.82 Å². The Balaban J connectivity index is 1.63. The quantitative estimate of drug-likeness (QED) is 0.894. The van der Waals surface area contributed by atoms with Crippen LogP contribution < -0.4 is 5.32 Å². The van der Waals surface area contributed by atoms with Gasteiger partial charge in [-0.15, -0.1) is 0 Å². The molecule has 0 bridgehead atoms. The van der Waals surface area contributed by atoms with Crippen LogP contribution in [0.25, 0.3) is 0 Å². The number of aromatic nitrogens is 2. The molecule has 0 atom stereocenters. The molecule has 1 saturated carbocycles. The van der Waals surface area contributed by atoms with E-state index < -0.39 is 5.54 Å². The first-order chi connectivity index (χ1) is 10.6. The van der Waals surface area contributed by atoms with Gasteiger partial charge in [-0.1, -0.05) is 12.8 Å². The van der Waals surface area contributed by atoms with E-state index >= 15 is 0 Å². The Morgan fingerprint density at radius 2 is 2.05 bits per heavy atom. The monoisotopic (exact) mass is 306 g/mol. The van der Waals surface area contributed by atoms with Crippen molar-refractivity contribution in [1.82, 2.24) is 15.1 Å². The molecule has 22 heavy (non-hydrogen) atoms. The lowest BCUT2D eigenvalue weighted by Gasteiger charge is -2.39. The number of anilines is 1. The lowest BCUT2D eigenvalue weighted by molar-refractivity contribution is -0.129. The number of carbonyl (C=O) groups is 1. The van der Waals surface area contributed by atoms with Gasteiger partial charge < -0.3 is 10.1 Å². The summed E-state index contributed by atoms with van der Waals surface area (Å²) in [5.74, 6) is 1.19. The smallest absolute Gasteiger partial charge is 0.245 e. The summed E-state index contributed by atoms with van der Waals surface area (Å²) >= 11 is 0. The molecule has 1 aromatic heterocycles. The number of aromatic amines is 1. The molecule has 3 rings (SSSR count). The molecule has 6 heteroatoms. The normalized spacial score (nSPS) is 21.2. The van der Waals surface area contributed by atoms with Gasteiger partial charge in [-0.2, -0.15) is 5.10 Å². The molecule has 2 fully saturated rings. The Bertz CT molecular complexity index is 514. The van der Waals surface area contributed by atoms with E-state index in [2.05, 4.69) is 20.4 Å². The summed E-state index contributed by atoms with van der Waals surface area (Å²) in [6.45, 7) is 6.86. The minimum absolute atomic E-state index is 0.0149. The van der Waals surface area contributed by atoms with Gasteiger partial charge in [0.15, 0.2) is 5.82 Å². The summed E-state index contributed by atoms with van der Waals surface area (Å²) in [7, 11) is 0. The molecule has 1 aromatic rings. The number of rotatable bonds is 4. The highest BCUT2D eigenvalue weighted by molar-refractivity contribution is 5.96. The predicted molar refractivity (Wildman–Crippen MR) is 84.9 cm³/mol. The van der Waals surface area contributed by atoms with Gasteiger partial charge in [0.05, 0.1) is 18.8 Å². The Morgan fingerprint density at radius 1 is 1.36 bits per heavy atom. The molecule has 122 valence electrons. The first-order valence-electron chi connectivity index (χ1n) is 8.27. The topological polar surface area (TPSA) is 70.2 Å². The van der Waals surface area contributed by atoms with E-state index in [1.165, 1.54) is 25.7 Å². The van der Waals surface area contributed by atoms with Crippen molar-refractivity contribution in [3.05, 3.63) is 11.8 Å². The van der Waals surface area contributed by atoms with E-state index in [-0.39, 0.29) is 5.91 Å². The third-order valence-electron chi connectivity index (χ3n) is 4.99. The first kappa shape index (κ1) is 15.5. The molecule has 1 amide bonds. The molecule has 2 aliphatic rings. The number of nitrogens with one attached hydrogen (secondary N) is 2. The molecule has 0 unspecified atom stereocenters. The molecule has 1 saturated heterocycles. The van der Waals surface area contributed by atoms with E-state index in [0.29, 0.717) is 24.9 Å². The Hall–Kier alpha value is -1.40. The zero-order valence-electron chi connectivity index (χ0n) is 13.5. The van der Waals surface area contributed by atoms with E-state index in [0.717, 1.165) is 18.8 Å². The van der Waals surface area contributed by atoms with Crippen molar-refractivity contribution in [3.8, 4) is 0 Å². The third-order valence-corrected chi connectivity index (χ3v) is 4.99. The van der Waals surface area contributed by atoms with Crippen molar-refractivity contribution in [2.75, 3.05) is 31.6 Å². The lowest BCUT2D eigenvalue weighted by atomic mass is 10.0. The van der Waals surface area contributed by atoms with Crippen molar-refractivity contribution >= 4 is 11.7 Å². The summed E-state index contributed by atoms with van der Waals surface area (Å²) in [6, 6.07) is 1.99. The number of ether oxygens (including phenoxy) is 1. The molecule has 0 radical (unpaired) electrons. The zero-order valence-corrected chi connectivity index (χ0v) is 13.5. The maximum absolute atomic E-state index is 12.6. The van der Waals surface area contributed by atoms with Gasteiger partial charge in [-0.3, -0.25) is 14.8 Å². The summed E-state index contributed by atoms with van der Waals surface area (Å²) in [4.78, 5) is 14.8. The number of nitrogens with zero attached hydrogens (tertiary/aromatic N) is 2. The van der Waals surface area contributed by atoms with Gasteiger partial charge in [0.25, 0.3) is 0 Å². The van der Waals surface area contributed by atoms with Gasteiger partial charge in [0, 0.05) is 30.8 Å². The number of carbonyl (C=O) groups excluding carboxylic acids is 1. The van der Waals surface area contributed by atoms with E-state index in [4.69, 9.17) is 4.74 Å². The van der Waals surface area contributed by atoms with Crippen LogP contribution >= 0.6 is 0 Å². The number of H-pyrrole nitrogens is 1. The number of hydrogen-bond donors (Lipinski definition) is 2. The molecule has 6 nitrogen and oxygen atoms in total. The molecule has 2 N–H and O–H groups in total. The van der Waals surface area contributed by atoms with Gasteiger partial charge in [-0.25, -0.2) is 0 Å². The summed E-state index contributed by atoms with van der Waals surface area (Å²) in [5.41, 5.74) is 0.591. The van der Waals surface area contributed by atoms with Crippen LogP contribution in [0, 0.1) is 0 Å². The second kappa shape index (κ2) is 6.38. The van der Waals surface area contributed by atoms with Gasteiger partial charge >= 0.3 is 0 Å². The lowest BCUT2D eigenvalue weighted by Crippen LogP contribution is -2.56. The summed E-state index contributed by atoms with van der Waals surface area (Å²) in [6.07, 6.45) is 5.01. The largest absolute Gasteiger partial charge is 0.379 e. The highest BCUT2D eigenvalue weighted by atomic mass is 16.5. The molecule has 0 spiro atoms. The fourth-order valence-electron chi connectivity index (χ4n) is 3.38. The van der Waals surface area contributed by atoms with Crippen molar-refractivity contribution in [2.45, 2.75) is 51.0 Å². The van der Waals surface area contributed by atoms with Crippen molar-refractivity contribution in [2.24, 2.45) is 0 Å². The van der Waals surface area contributed by atoms with E-state index in [1.54, 1.807) is 0 Å². The second-order valence-electron chi connectivity index (χ2n) is 6.80. The van der Waals surface area contributed by atoms with Crippen LogP contribution in [0.1, 0.15) is 51.1 Å². The second-order valence-corrected chi connectivity index (χ2v) is 6.80. The SMILES string of the molecule is CC(C)(C(=O)Nc1cc(C2CCCC2)[nH]n1)N1CCOCC1. The average molecular weight is 306 g/mol. The molecule has 1 aliphatic heterocycles. The molecule has 1 aliphatic carbocycles. The fraction of sp³-hybridized carbons (Fsp3) is 0.750. The molecular formula is C16H26N4O2. The molecular weight excluding hydrogens is 280 g/mol. The fourth-order valence-corrected chi connectivity index (χ4v) is 3.38. The summed E-state index contributed by atoms with van der Waals surface area (Å²) < 4.78 is 5.36. The van der Waals surface area contributed by atoms with Crippen LogP contribution in [-0.4, -0.2) is 52.8 Å².